The van der Waals surface area contributed by atoms with Crippen molar-refractivity contribution in [2.75, 3.05) is 0 Å². The number of carbonyl (C=O) groups excluding carboxylic acids is 1. The number of hydrogen-bond donors (Lipinski definition) is 0. The molecule has 0 aliphatic heterocycles. The van der Waals surface area contributed by atoms with Gasteiger partial charge in [0, 0.05) is 0 Å². The van der Waals surface area contributed by atoms with Gasteiger partial charge in [0.25, 0.3) is 0 Å². The fraction of sp³-hybridized carbons (Fsp3) is 0.941. The predicted molar refractivity (Wildman–Crippen MR) is 75.7 cm³/mol. The van der Waals surface area contributed by atoms with Crippen LogP contribution in [-0.2, 0) is 9.53 Å². The van der Waals surface area contributed by atoms with Crippen molar-refractivity contribution < 1.29 is 9.53 Å². The quantitative estimate of drug-likeness (QED) is 0.709. The summed E-state index contributed by atoms with van der Waals surface area (Å²) in [6.45, 7) is 6.11. The summed E-state index contributed by atoms with van der Waals surface area (Å²) in [7, 11) is 0. The molecule has 0 spiro atoms. The fourth-order valence-electron chi connectivity index (χ4n) is 4.59. The predicted octanol–water partition coefficient (Wildman–Crippen LogP) is 4.32. The molecule has 0 N–H and O–H groups in total. The first-order valence-corrected chi connectivity index (χ1v) is 8.17. The van der Waals surface area contributed by atoms with Crippen molar-refractivity contribution in [3.63, 3.8) is 0 Å². The molecule has 0 amide bonds. The molecular formula is C17H28O2. The Labute approximate surface area is 117 Å². The lowest BCUT2D eigenvalue weighted by molar-refractivity contribution is -0.190. The van der Waals surface area contributed by atoms with Crippen LogP contribution >= 0.6 is 0 Å². The smallest absolute Gasteiger partial charge is 0.312 e. The van der Waals surface area contributed by atoms with E-state index in [0.29, 0.717) is 0 Å². The summed E-state index contributed by atoms with van der Waals surface area (Å²) in [5.41, 5.74) is -0.411. The number of ether oxygens (including phenoxy) is 1. The second-order valence-electron chi connectivity index (χ2n) is 7.96. The number of rotatable bonds is 3. The average molecular weight is 264 g/mol. The van der Waals surface area contributed by atoms with Crippen LogP contribution in [0.5, 0.6) is 0 Å². The summed E-state index contributed by atoms with van der Waals surface area (Å²) >= 11 is 0. The van der Waals surface area contributed by atoms with Crippen LogP contribution in [0, 0.1) is 23.2 Å². The summed E-state index contributed by atoms with van der Waals surface area (Å²) in [6.07, 6.45) is 9.77. The van der Waals surface area contributed by atoms with Gasteiger partial charge < -0.3 is 4.74 Å². The third-order valence-corrected chi connectivity index (χ3v) is 6.26. The lowest BCUT2D eigenvalue weighted by Crippen LogP contribution is -2.52. The largest absolute Gasteiger partial charge is 0.459 e. The lowest BCUT2D eigenvalue weighted by atomic mass is 9.56. The van der Waals surface area contributed by atoms with Gasteiger partial charge in [0.2, 0.25) is 0 Å². The Morgan fingerprint density at radius 3 is 2.74 bits per heavy atom. The second-order valence-corrected chi connectivity index (χ2v) is 7.96. The van der Waals surface area contributed by atoms with Crippen LogP contribution in [0.4, 0.5) is 0 Å². The molecule has 108 valence electrons. The van der Waals surface area contributed by atoms with E-state index in [0.717, 1.165) is 43.4 Å². The van der Waals surface area contributed by atoms with E-state index < -0.39 is 0 Å². The maximum atomic E-state index is 12.4. The van der Waals surface area contributed by atoms with E-state index in [-0.39, 0.29) is 17.0 Å². The van der Waals surface area contributed by atoms with E-state index >= 15 is 0 Å². The molecule has 0 aromatic rings. The minimum Gasteiger partial charge on any atom is -0.459 e. The molecule has 3 aliphatic rings. The number of carbonyl (C=O) groups is 1. The number of hydrogen-bond acceptors (Lipinski definition) is 2. The maximum Gasteiger partial charge on any atom is 0.312 e. The summed E-state index contributed by atoms with van der Waals surface area (Å²) in [4.78, 5) is 12.4. The molecular weight excluding hydrogens is 236 g/mol. The minimum absolute atomic E-state index is 0.0356. The highest BCUT2D eigenvalue weighted by Gasteiger charge is 2.52. The molecule has 4 unspecified atom stereocenters. The molecule has 0 saturated heterocycles. The van der Waals surface area contributed by atoms with E-state index in [1.54, 1.807) is 0 Å². The third kappa shape index (κ3) is 2.32. The highest BCUT2D eigenvalue weighted by Crippen LogP contribution is 2.55. The zero-order chi connectivity index (χ0) is 13.7. The van der Waals surface area contributed by atoms with Gasteiger partial charge in [0.1, 0.15) is 5.60 Å². The van der Waals surface area contributed by atoms with Crippen molar-refractivity contribution in [2.24, 2.45) is 23.2 Å². The first kappa shape index (κ1) is 13.5. The Hall–Kier alpha value is -0.530. The number of fused-ring (bicyclic) bond motifs is 2. The van der Waals surface area contributed by atoms with Crippen LogP contribution in [-0.4, -0.2) is 11.6 Å². The van der Waals surface area contributed by atoms with Crippen LogP contribution in [0.25, 0.3) is 0 Å². The molecule has 19 heavy (non-hydrogen) atoms. The first-order chi connectivity index (χ1) is 8.94. The standard InChI is InChI=1S/C17H28O2/c1-4-16(2,3)15(18)19-17-8-7-13-6-5-12(10-17)9-14(13)11-17/h12-14H,4-11H2,1-3H3. The molecule has 3 bridgehead atoms. The normalized spacial score (nSPS) is 41.1. The van der Waals surface area contributed by atoms with Crippen LogP contribution in [0.3, 0.4) is 0 Å². The molecule has 3 saturated carbocycles. The van der Waals surface area contributed by atoms with Gasteiger partial charge in [-0.15, -0.1) is 0 Å². The molecule has 2 heteroatoms. The minimum atomic E-state index is -0.321. The number of esters is 1. The second kappa shape index (κ2) is 4.49. The molecule has 3 rings (SSSR count). The molecule has 0 aromatic carbocycles. The Morgan fingerprint density at radius 1 is 1.21 bits per heavy atom. The third-order valence-electron chi connectivity index (χ3n) is 6.26. The molecule has 0 heterocycles. The van der Waals surface area contributed by atoms with E-state index in [4.69, 9.17) is 4.74 Å². The Balaban J connectivity index is 1.75. The molecule has 2 nitrogen and oxygen atoms in total. The SMILES string of the molecule is CCC(C)(C)C(=O)OC12CCC3CCC(CC3C1)C2. The van der Waals surface area contributed by atoms with Crippen LogP contribution in [0.2, 0.25) is 0 Å². The Kier molecular flexibility index (Phi) is 3.18. The van der Waals surface area contributed by atoms with Crippen molar-refractivity contribution in [1.82, 2.24) is 0 Å². The monoisotopic (exact) mass is 264 g/mol. The fourth-order valence-corrected chi connectivity index (χ4v) is 4.59. The van der Waals surface area contributed by atoms with Crippen LogP contribution in [0.1, 0.15) is 72.1 Å². The first-order valence-electron chi connectivity index (χ1n) is 8.17. The molecule has 3 aliphatic carbocycles. The summed E-state index contributed by atoms with van der Waals surface area (Å²) < 4.78 is 6.12. The van der Waals surface area contributed by atoms with Gasteiger partial charge in [-0.2, -0.15) is 0 Å². The summed E-state index contributed by atoms with van der Waals surface area (Å²) in [6, 6.07) is 0. The molecule has 3 fully saturated rings. The van der Waals surface area contributed by atoms with E-state index in [9.17, 15) is 4.79 Å². The molecule has 0 aromatic heterocycles. The highest BCUT2D eigenvalue weighted by molar-refractivity contribution is 5.76. The van der Waals surface area contributed by atoms with Crippen molar-refractivity contribution in [3.05, 3.63) is 0 Å². The highest BCUT2D eigenvalue weighted by atomic mass is 16.6. The maximum absolute atomic E-state index is 12.4. The van der Waals surface area contributed by atoms with Gasteiger partial charge in [-0.3, -0.25) is 4.79 Å². The topological polar surface area (TPSA) is 26.3 Å². The Bertz CT molecular complexity index is 369. The van der Waals surface area contributed by atoms with Crippen molar-refractivity contribution in [1.29, 1.82) is 0 Å². The van der Waals surface area contributed by atoms with E-state index in [1.165, 1.54) is 25.7 Å². The van der Waals surface area contributed by atoms with E-state index in [2.05, 4.69) is 6.92 Å². The van der Waals surface area contributed by atoms with Gasteiger partial charge in [-0.05, 0) is 76.5 Å². The lowest BCUT2D eigenvalue weighted by Gasteiger charge is -2.54. The molecule has 0 radical (unpaired) electrons. The zero-order valence-electron chi connectivity index (χ0n) is 12.7. The summed E-state index contributed by atoms with van der Waals surface area (Å²) in [5, 5.41) is 0. The van der Waals surface area contributed by atoms with Gasteiger partial charge in [-0.25, -0.2) is 0 Å². The zero-order valence-corrected chi connectivity index (χ0v) is 12.7. The van der Waals surface area contributed by atoms with Gasteiger partial charge in [-0.1, -0.05) is 13.3 Å². The van der Waals surface area contributed by atoms with Crippen LogP contribution in [0.15, 0.2) is 0 Å². The summed E-state index contributed by atoms with van der Waals surface area (Å²) in [5.74, 6) is 2.64. The van der Waals surface area contributed by atoms with Crippen molar-refractivity contribution >= 4 is 5.97 Å². The van der Waals surface area contributed by atoms with Gasteiger partial charge in [0.15, 0.2) is 0 Å². The van der Waals surface area contributed by atoms with Gasteiger partial charge >= 0.3 is 5.97 Å². The average Bonchev–Trinajstić information content (AvgIpc) is 2.36. The molecule has 4 atom stereocenters. The van der Waals surface area contributed by atoms with Crippen LogP contribution < -0.4 is 0 Å². The van der Waals surface area contributed by atoms with Crippen molar-refractivity contribution in [2.45, 2.75) is 77.7 Å². The van der Waals surface area contributed by atoms with Crippen molar-refractivity contribution in [3.8, 4) is 0 Å². The van der Waals surface area contributed by atoms with Gasteiger partial charge in [0.05, 0.1) is 5.41 Å². The van der Waals surface area contributed by atoms with E-state index in [1.807, 2.05) is 13.8 Å². The Morgan fingerprint density at radius 2 is 2.00 bits per heavy atom.